The van der Waals surface area contributed by atoms with Gasteiger partial charge in [-0.3, -0.25) is 19.2 Å². The van der Waals surface area contributed by atoms with Gasteiger partial charge >= 0.3 is 6.09 Å². The normalized spacial score (nSPS) is 23.8. The number of hydrogen-bond donors (Lipinski definition) is 3. The lowest BCUT2D eigenvalue weighted by atomic mass is 9.96. The summed E-state index contributed by atoms with van der Waals surface area (Å²) >= 11 is 0. The number of hydrogen-bond acceptors (Lipinski definition) is 8. The van der Waals surface area contributed by atoms with E-state index in [2.05, 4.69) is 10.6 Å². The summed E-state index contributed by atoms with van der Waals surface area (Å²) in [6.07, 6.45) is 3.53. The fraction of sp³-hybridized carbons (Fsp3) is 0.613. The van der Waals surface area contributed by atoms with Gasteiger partial charge in [0, 0.05) is 13.5 Å². The molecule has 0 aromatic heterocycles. The van der Waals surface area contributed by atoms with Crippen LogP contribution in [0.15, 0.2) is 18.2 Å². The average molecular weight is 609 g/mol. The van der Waals surface area contributed by atoms with Crippen molar-refractivity contribution < 1.29 is 33.4 Å². The summed E-state index contributed by atoms with van der Waals surface area (Å²) in [5, 5.41) is 15.1. The number of ether oxygens (including phenoxy) is 2. The van der Waals surface area contributed by atoms with E-state index in [1.54, 1.807) is 39.0 Å². The Morgan fingerprint density at radius 2 is 1.86 bits per heavy atom. The lowest BCUT2D eigenvalue weighted by Gasteiger charge is -2.36. The molecule has 3 fully saturated rings. The molecule has 2 heterocycles. The molecule has 13 heteroatoms. The van der Waals surface area contributed by atoms with Crippen molar-refractivity contribution in [1.82, 2.24) is 15.1 Å². The second-order valence-electron chi connectivity index (χ2n) is 13.5. The van der Waals surface area contributed by atoms with Gasteiger partial charge in [0.2, 0.25) is 23.3 Å². The number of carbonyl (C=O) groups excluding carboxylic acids is 5. The third-order valence-corrected chi connectivity index (χ3v) is 8.64. The van der Waals surface area contributed by atoms with Gasteiger partial charge in [-0.1, -0.05) is 31.7 Å². The number of carbonyl (C=O) groups is 5. The second-order valence-corrected chi connectivity index (χ2v) is 13.5. The van der Waals surface area contributed by atoms with Gasteiger partial charge in [-0.25, -0.2) is 4.79 Å². The van der Waals surface area contributed by atoms with Crippen LogP contribution in [-0.4, -0.2) is 82.4 Å². The Kier molecular flexibility index (Phi) is 8.22. The summed E-state index contributed by atoms with van der Waals surface area (Å²) in [6, 6.07) is 3.74. The Hall–Kier alpha value is -4.34. The van der Waals surface area contributed by atoms with Crippen molar-refractivity contribution in [2.75, 3.05) is 18.9 Å². The zero-order chi connectivity index (χ0) is 32.0. The van der Waals surface area contributed by atoms with Crippen LogP contribution >= 0.6 is 0 Å². The summed E-state index contributed by atoms with van der Waals surface area (Å²) in [6.45, 7) is 4.90. The molecule has 13 nitrogen and oxygen atoms in total. The first kappa shape index (κ1) is 31.1. The number of nitrogens with zero attached hydrogens (tertiary/aromatic N) is 3. The maximum atomic E-state index is 14.3. The van der Waals surface area contributed by atoms with Crippen LogP contribution in [0.4, 0.5) is 10.5 Å². The third kappa shape index (κ3) is 6.59. The molecule has 0 unspecified atom stereocenters. The van der Waals surface area contributed by atoms with Crippen LogP contribution in [0.25, 0.3) is 0 Å². The van der Waals surface area contributed by atoms with Gasteiger partial charge in [0.05, 0.1) is 17.8 Å². The van der Waals surface area contributed by atoms with Crippen LogP contribution in [0, 0.1) is 23.2 Å². The summed E-state index contributed by atoms with van der Waals surface area (Å²) in [7, 11) is 1.52. The van der Waals surface area contributed by atoms with Crippen molar-refractivity contribution >= 4 is 35.4 Å². The molecule has 44 heavy (non-hydrogen) atoms. The van der Waals surface area contributed by atoms with Crippen molar-refractivity contribution in [2.24, 2.45) is 17.6 Å². The first-order valence-electron chi connectivity index (χ1n) is 15.1. The minimum atomic E-state index is -1.66. The molecule has 0 radical (unpaired) electrons. The van der Waals surface area contributed by atoms with Gasteiger partial charge in [-0.05, 0) is 57.6 Å². The number of nitrogens with one attached hydrogen (secondary N) is 2. The molecule has 2 saturated carbocycles. The topological polar surface area (TPSA) is 184 Å². The first-order chi connectivity index (χ1) is 20.7. The molecule has 4 atom stereocenters. The number of primary amides is 1. The number of rotatable bonds is 9. The zero-order valence-electron chi connectivity index (χ0n) is 25.6. The van der Waals surface area contributed by atoms with Gasteiger partial charge in [-0.15, -0.1) is 0 Å². The number of fused-ring (bicyclic) bond motifs is 1. The standard InChI is InChI=1S/C31H40N6O7/c1-30(2,3)44-29(42)35-21(12-17-8-9-17)26(39)36(4)22(13-18-10-11-18)27(40)37-16-31(14-23(37)25(33)38)28(41)34-20-7-5-6-19(15-32)24(20)43-31/h5-7,17-18,21-23H,8-14,16H2,1-4H3,(H2,33,38)(H,34,41)(H,35,42)/t21-,22-,23-,31+/m0/s1. The van der Waals surface area contributed by atoms with Crippen molar-refractivity contribution in [1.29, 1.82) is 5.26 Å². The summed E-state index contributed by atoms with van der Waals surface area (Å²) < 4.78 is 11.6. The Balaban J connectivity index is 1.40. The number of para-hydroxylation sites is 1. The van der Waals surface area contributed by atoms with E-state index < -0.39 is 59.0 Å². The van der Waals surface area contributed by atoms with Crippen LogP contribution in [0.3, 0.4) is 0 Å². The molecule has 5 amide bonds. The minimum Gasteiger partial charge on any atom is -0.472 e. The highest BCUT2D eigenvalue weighted by Gasteiger charge is 2.58. The number of alkyl carbamates (subject to hydrolysis) is 1. The summed E-state index contributed by atoms with van der Waals surface area (Å²) in [5.74, 6) is -1.70. The van der Waals surface area contributed by atoms with Crippen molar-refractivity contribution in [3.05, 3.63) is 23.8 Å². The van der Waals surface area contributed by atoms with Gasteiger partial charge in [0.1, 0.15) is 29.8 Å². The second kappa shape index (κ2) is 11.6. The summed E-state index contributed by atoms with van der Waals surface area (Å²) in [4.78, 5) is 69.5. The molecule has 236 valence electrons. The highest BCUT2D eigenvalue weighted by Crippen LogP contribution is 2.43. The van der Waals surface area contributed by atoms with E-state index in [1.165, 1.54) is 16.8 Å². The SMILES string of the molecule is CN(C(=O)[C@H](CC1CC1)NC(=O)OC(C)(C)C)[C@@H](CC1CC1)C(=O)N1C[C@@]2(C[C@H]1C(N)=O)Oc1c(C#N)cccc1NC2=O. The molecule has 5 rings (SSSR count). The van der Waals surface area contributed by atoms with E-state index in [0.717, 1.165) is 25.7 Å². The predicted octanol–water partition coefficient (Wildman–Crippen LogP) is 2.03. The minimum absolute atomic E-state index is 0.157. The van der Waals surface area contributed by atoms with Gasteiger partial charge in [0.15, 0.2) is 5.75 Å². The van der Waals surface area contributed by atoms with Crippen molar-refractivity contribution in [3.63, 3.8) is 0 Å². The Bertz CT molecular complexity index is 1410. The van der Waals surface area contributed by atoms with E-state index in [4.69, 9.17) is 15.2 Å². The smallest absolute Gasteiger partial charge is 0.408 e. The monoisotopic (exact) mass is 608 g/mol. The first-order valence-corrected chi connectivity index (χ1v) is 15.1. The molecule has 4 N–H and O–H groups in total. The number of likely N-dealkylation sites (tertiary alicyclic amines) is 1. The van der Waals surface area contributed by atoms with E-state index in [9.17, 15) is 29.2 Å². The number of likely N-dealkylation sites (N-methyl/N-ethyl adjacent to an activating group) is 1. The third-order valence-electron chi connectivity index (χ3n) is 8.64. The highest BCUT2D eigenvalue weighted by atomic mass is 16.6. The van der Waals surface area contributed by atoms with Crippen LogP contribution in [-0.2, 0) is 23.9 Å². The zero-order valence-corrected chi connectivity index (χ0v) is 25.6. The van der Waals surface area contributed by atoms with Crippen LogP contribution in [0.2, 0.25) is 0 Å². The molecule has 1 spiro atoms. The predicted molar refractivity (Wildman–Crippen MR) is 157 cm³/mol. The Morgan fingerprint density at radius 1 is 1.20 bits per heavy atom. The maximum absolute atomic E-state index is 14.3. The largest absolute Gasteiger partial charge is 0.472 e. The van der Waals surface area contributed by atoms with Crippen LogP contribution < -0.4 is 21.1 Å². The number of nitriles is 1. The molecular weight excluding hydrogens is 568 g/mol. The van der Waals surface area contributed by atoms with Crippen LogP contribution in [0.5, 0.6) is 5.75 Å². The number of anilines is 1. The molecule has 2 aliphatic heterocycles. The van der Waals surface area contributed by atoms with Crippen molar-refractivity contribution in [2.45, 2.75) is 95.0 Å². The lowest BCUT2D eigenvalue weighted by molar-refractivity contribution is -0.148. The Labute approximate surface area is 256 Å². The van der Waals surface area contributed by atoms with Gasteiger partial charge in [-0.2, -0.15) is 5.26 Å². The van der Waals surface area contributed by atoms with Gasteiger partial charge in [0.25, 0.3) is 5.91 Å². The fourth-order valence-corrected chi connectivity index (χ4v) is 5.95. The molecule has 2 aliphatic carbocycles. The molecule has 1 aromatic rings. The average Bonchev–Trinajstić information content (AvgIpc) is 3.89. The number of benzene rings is 1. The van der Waals surface area contributed by atoms with Crippen LogP contribution in [0.1, 0.15) is 71.3 Å². The van der Waals surface area contributed by atoms with E-state index in [-0.39, 0.29) is 36.1 Å². The van der Waals surface area contributed by atoms with Gasteiger partial charge < -0.3 is 35.6 Å². The Morgan fingerprint density at radius 3 is 2.45 bits per heavy atom. The number of amides is 5. The summed E-state index contributed by atoms with van der Waals surface area (Å²) in [5.41, 5.74) is 3.85. The van der Waals surface area contributed by atoms with E-state index in [1.807, 2.05) is 6.07 Å². The molecule has 4 aliphatic rings. The molecule has 1 saturated heterocycles. The molecule has 0 bridgehead atoms. The maximum Gasteiger partial charge on any atom is 0.408 e. The molecular formula is C31H40N6O7. The number of nitrogens with two attached hydrogens (primary N) is 1. The quantitative estimate of drug-likeness (QED) is 0.380. The van der Waals surface area contributed by atoms with E-state index >= 15 is 0 Å². The van der Waals surface area contributed by atoms with E-state index in [0.29, 0.717) is 18.5 Å². The van der Waals surface area contributed by atoms with Crippen molar-refractivity contribution in [3.8, 4) is 11.8 Å². The fourth-order valence-electron chi connectivity index (χ4n) is 5.95. The molecule has 1 aromatic carbocycles. The lowest BCUT2D eigenvalue weighted by Crippen LogP contribution is -2.58. The highest BCUT2D eigenvalue weighted by molar-refractivity contribution is 6.04.